The van der Waals surface area contributed by atoms with Crippen LogP contribution in [0.5, 0.6) is 0 Å². The Hall–Kier alpha value is -3.35. The van der Waals surface area contributed by atoms with E-state index >= 15 is 0 Å². The van der Waals surface area contributed by atoms with E-state index in [-0.39, 0.29) is 11.2 Å². The van der Waals surface area contributed by atoms with Crippen molar-refractivity contribution in [2.45, 2.75) is 38.2 Å². The third-order valence-corrected chi connectivity index (χ3v) is 7.64. The summed E-state index contributed by atoms with van der Waals surface area (Å²) in [4.78, 5) is 4.42. The van der Waals surface area contributed by atoms with E-state index in [9.17, 15) is 9.65 Å². The molecule has 2 aromatic heterocycles. The van der Waals surface area contributed by atoms with Gasteiger partial charge in [-0.05, 0) is 48.1 Å². The molecule has 0 saturated heterocycles. The highest BCUT2D eigenvalue weighted by Crippen LogP contribution is 2.38. The molecule has 192 valence electrons. The average molecular weight is 548 g/mol. The van der Waals surface area contributed by atoms with Gasteiger partial charge in [0.05, 0.1) is 39.5 Å². The maximum atomic E-state index is 13.8. The maximum Gasteiger partial charge on any atom is 0.123 e. The Balaban J connectivity index is 1.61. The van der Waals surface area contributed by atoms with Crippen molar-refractivity contribution in [1.82, 2.24) is 20.0 Å². The first-order valence-corrected chi connectivity index (χ1v) is 13.1. The summed E-state index contributed by atoms with van der Waals surface area (Å²) in [6.45, 7) is 4.59. The van der Waals surface area contributed by atoms with Crippen LogP contribution in [0, 0.1) is 22.6 Å². The fraction of sp³-hybridized carbons (Fsp3) is 0.333. The molecule has 0 spiro atoms. The number of fused-ring (bicyclic) bond motifs is 1. The fourth-order valence-corrected chi connectivity index (χ4v) is 4.54. The van der Waals surface area contributed by atoms with Crippen molar-refractivity contribution in [3.63, 3.8) is 0 Å². The number of pyridine rings is 1. The number of hydrogen-bond acceptors (Lipinski definition) is 6. The van der Waals surface area contributed by atoms with Crippen LogP contribution in [0.4, 0.5) is 15.8 Å². The summed E-state index contributed by atoms with van der Waals surface area (Å²) in [6.07, 6.45) is 5.39. The highest BCUT2D eigenvalue weighted by atomic mass is 35.5. The van der Waals surface area contributed by atoms with E-state index in [1.807, 2.05) is 26.1 Å². The zero-order valence-corrected chi connectivity index (χ0v) is 22.5. The van der Waals surface area contributed by atoms with E-state index < -0.39 is 5.44 Å². The normalized spacial score (nSPS) is 15.2. The van der Waals surface area contributed by atoms with Gasteiger partial charge in [-0.2, -0.15) is 5.26 Å². The minimum absolute atomic E-state index is 0.216. The van der Waals surface area contributed by atoms with Crippen LogP contribution < -0.4 is 10.6 Å². The topological polar surface area (TPSA) is 91.5 Å². The van der Waals surface area contributed by atoms with Gasteiger partial charge in [-0.15, -0.1) is 16.7 Å². The van der Waals surface area contributed by atoms with Crippen molar-refractivity contribution in [3.05, 3.63) is 76.5 Å². The van der Waals surface area contributed by atoms with Crippen LogP contribution in [-0.4, -0.2) is 40.2 Å². The SMILES string of the molecule is [B]C(Nc1cc(Cl)c2ncc(C#N)c(NCC(C)(C)CCl)c2c1)(c1ccc(F)cc1)c1cn(C2CC2)nn1. The van der Waals surface area contributed by atoms with Crippen molar-refractivity contribution in [2.24, 2.45) is 5.41 Å². The number of nitrogens with one attached hydrogen (secondary N) is 2. The molecular formula is C27H25BCl2FN7. The van der Waals surface area contributed by atoms with Gasteiger partial charge in [-0.3, -0.25) is 4.98 Å². The van der Waals surface area contributed by atoms with E-state index in [2.05, 4.69) is 32.0 Å². The van der Waals surface area contributed by atoms with Crippen molar-refractivity contribution < 1.29 is 4.39 Å². The molecule has 0 bridgehead atoms. The molecule has 2 N–H and O–H groups in total. The van der Waals surface area contributed by atoms with Crippen LogP contribution >= 0.6 is 23.2 Å². The van der Waals surface area contributed by atoms with Gasteiger partial charge in [0.25, 0.3) is 0 Å². The highest BCUT2D eigenvalue weighted by molar-refractivity contribution is 6.36. The molecule has 2 heterocycles. The largest absolute Gasteiger partial charge is 0.383 e. The lowest BCUT2D eigenvalue weighted by Crippen LogP contribution is -2.37. The van der Waals surface area contributed by atoms with E-state index in [1.165, 1.54) is 18.3 Å². The summed E-state index contributed by atoms with van der Waals surface area (Å²) in [5.74, 6) is 0.0603. The van der Waals surface area contributed by atoms with Gasteiger partial charge >= 0.3 is 0 Å². The molecule has 0 amide bonds. The van der Waals surface area contributed by atoms with E-state index in [0.717, 1.165) is 12.8 Å². The lowest BCUT2D eigenvalue weighted by Gasteiger charge is -2.32. The molecule has 2 radical (unpaired) electrons. The number of rotatable bonds is 9. The second-order valence-corrected chi connectivity index (χ2v) is 11.1. The van der Waals surface area contributed by atoms with Gasteiger partial charge < -0.3 is 10.6 Å². The molecule has 11 heteroatoms. The minimum Gasteiger partial charge on any atom is -0.383 e. The van der Waals surface area contributed by atoms with Crippen LogP contribution in [0.1, 0.15) is 49.6 Å². The number of nitrogens with zero attached hydrogens (tertiary/aromatic N) is 5. The van der Waals surface area contributed by atoms with Gasteiger partial charge in [-0.1, -0.05) is 42.8 Å². The van der Waals surface area contributed by atoms with E-state index in [1.54, 1.807) is 22.9 Å². The zero-order valence-electron chi connectivity index (χ0n) is 21.0. The van der Waals surface area contributed by atoms with Gasteiger partial charge in [0.1, 0.15) is 25.4 Å². The van der Waals surface area contributed by atoms with Crippen molar-refractivity contribution >= 4 is 53.3 Å². The third-order valence-electron chi connectivity index (χ3n) is 6.63. The first-order valence-electron chi connectivity index (χ1n) is 12.2. The Labute approximate surface area is 231 Å². The number of aromatic nitrogens is 4. The first kappa shape index (κ1) is 26.3. The average Bonchev–Trinajstić information content (AvgIpc) is 3.63. The Kier molecular flexibility index (Phi) is 6.97. The summed E-state index contributed by atoms with van der Waals surface area (Å²) < 4.78 is 15.6. The number of benzene rings is 2. The smallest absolute Gasteiger partial charge is 0.123 e. The predicted molar refractivity (Wildman–Crippen MR) is 149 cm³/mol. The van der Waals surface area contributed by atoms with E-state index in [0.29, 0.717) is 62.6 Å². The van der Waals surface area contributed by atoms with E-state index in [4.69, 9.17) is 31.0 Å². The Morgan fingerprint density at radius 1 is 1.24 bits per heavy atom. The summed E-state index contributed by atoms with van der Waals surface area (Å²) in [5.41, 5.74) is 1.56. The quantitative estimate of drug-likeness (QED) is 0.198. The molecule has 1 fully saturated rings. The summed E-state index contributed by atoms with van der Waals surface area (Å²) in [5, 5.41) is 26.2. The third kappa shape index (κ3) is 5.16. The summed E-state index contributed by atoms with van der Waals surface area (Å²) >= 11 is 12.8. The van der Waals surface area contributed by atoms with Crippen LogP contribution in [0.2, 0.25) is 5.02 Å². The van der Waals surface area contributed by atoms with Crippen molar-refractivity contribution in [2.75, 3.05) is 23.1 Å². The molecule has 4 aromatic rings. The molecule has 2 aromatic carbocycles. The predicted octanol–water partition coefficient (Wildman–Crippen LogP) is 5.98. The Morgan fingerprint density at radius 2 is 1.97 bits per heavy atom. The highest BCUT2D eigenvalue weighted by Gasteiger charge is 2.34. The number of hydrogen-bond donors (Lipinski definition) is 2. The van der Waals surface area contributed by atoms with Gasteiger partial charge in [0.15, 0.2) is 0 Å². The standard InChI is InChI=1S/C27H25BCl2FN7/c1-26(2,14-29)15-34-24-16(11-32)12-33-25-21(24)9-19(10-22(25)30)35-27(28,17-3-5-18(31)6-4-17)23-13-38(37-36-23)20-7-8-20/h3-6,9-10,12-13,20,35H,7-8,14-15H2,1-2H3,(H,33,34). The molecule has 38 heavy (non-hydrogen) atoms. The molecular weight excluding hydrogens is 523 g/mol. The van der Waals surface area contributed by atoms with Crippen molar-refractivity contribution in [1.29, 1.82) is 5.26 Å². The molecule has 7 nitrogen and oxygen atoms in total. The second kappa shape index (κ2) is 10.1. The van der Waals surface area contributed by atoms with Crippen LogP contribution in [-0.2, 0) is 5.44 Å². The molecule has 1 aliphatic carbocycles. The monoisotopic (exact) mass is 547 g/mol. The number of alkyl halides is 1. The summed E-state index contributed by atoms with van der Waals surface area (Å²) in [6, 6.07) is 12.0. The van der Waals surface area contributed by atoms with Crippen LogP contribution in [0.25, 0.3) is 10.9 Å². The molecule has 1 aliphatic rings. The zero-order chi connectivity index (χ0) is 27.1. The van der Waals surface area contributed by atoms with Crippen molar-refractivity contribution in [3.8, 4) is 6.07 Å². The van der Waals surface area contributed by atoms with Gasteiger partial charge in [0, 0.05) is 29.7 Å². The van der Waals surface area contributed by atoms with Crippen LogP contribution in [0.3, 0.4) is 0 Å². The molecule has 0 aliphatic heterocycles. The Morgan fingerprint density at radius 3 is 2.63 bits per heavy atom. The molecule has 1 saturated carbocycles. The number of halogens is 3. The van der Waals surface area contributed by atoms with Gasteiger partial charge in [-0.25, -0.2) is 9.07 Å². The molecule has 5 rings (SSSR count). The second-order valence-electron chi connectivity index (χ2n) is 10.4. The maximum absolute atomic E-state index is 13.8. The first-order chi connectivity index (χ1) is 18.1. The number of anilines is 2. The van der Waals surface area contributed by atoms with Crippen LogP contribution in [0.15, 0.2) is 48.8 Å². The fourth-order valence-electron chi connectivity index (χ4n) is 4.18. The summed E-state index contributed by atoms with van der Waals surface area (Å²) in [7, 11) is 6.99. The lowest BCUT2D eigenvalue weighted by molar-refractivity contribution is 0.450. The van der Waals surface area contributed by atoms with Gasteiger partial charge in [0.2, 0.25) is 0 Å². The number of nitriles is 1. The molecule has 1 unspecified atom stereocenters. The molecule has 1 atom stereocenters. The lowest BCUT2D eigenvalue weighted by atomic mass is 9.69. The Bertz CT molecular complexity index is 1530. The minimum atomic E-state index is -1.35.